The van der Waals surface area contributed by atoms with E-state index in [0.29, 0.717) is 5.69 Å². The maximum Gasteiger partial charge on any atom is 0.144 e. The van der Waals surface area contributed by atoms with Crippen molar-refractivity contribution in [1.29, 1.82) is 0 Å². The molecule has 4 nitrogen and oxygen atoms in total. The Morgan fingerprint density at radius 2 is 2.33 bits per heavy atom. The SMILES string of the molecule is COCC(N)N=Nc1ccc(Cl)c(F)c1. The number of nitrogens with zero attached hydrogens (tertiary/aromatic N) is 2. The molecule has 0 aliphatic carbocycles. The van der Waals surface area contributed by atoms with Crippen LogP contribution >= 0.6 is 11.6 Å². The maximum atomic E-state index is 13.0. The van der Waals surface area contributed by atoms with Crippen LogP contribution < -0.4 is 5.73 Å². The first-order chi connectivity index (χ1) is 7.13. The Bertz CT molecular complexity index is 359. The molecule has 1 atom stereocenters. The molecule has 15 heavy (non-hydrogen) atoms. The van der Waals surface area contributed by atoms with Gasteiger partial charge in [-0.2, -0.15) is 10.2 Å². The van der Waals surface area contributed by atoms with Crippen LogP contribution in [-0.2, 0) is 4.74 Å². The molecule has 0 aliphatic heterocycles. The van der Waals surface area contributed by atoms with Crippen molar-refractivity contribution in [3.8, 4) is 0 Å². The highest BCUT2D eigenvalue weighted by Gasteiger charge is 2.01. The van der Waals surface area contributed by atoms with Gasteiger partial charge in [0.2, 0.25) is 0 Å². The van der Waals surface area contributed by atoms with Gasteiger partial charge in [0, 0.05) is 13.2 Å². The number of ether oxygens (including phenoxy) is 1. The highest BCUT2D eigenvalue weighted by atomic mass is 35.5. The molecule has 2 N–H and O–H groups in total. The molecule has 0 fully saturated rings. The zero-order valence-corrected chi connectivity index (χ0v) is 8.91. The van der Waals surface area contributed by atoms with Crippen LogP contribution in [0.2, 0.25) is 5.02 Å². The standard InChI is InChI=1S/C9H11ClFN3O/c1-15-5-9(12)14-13-6-2-3-7(10)8(11)4-6/h2-4,9H,5,12H2,1H3. The van der Waals surface area contributed by atoms with Crippen LogP contribution in [0.1, 0.15) is 0 Å². The van der Waals surface area contributed by atoms with Gasteiger partial charge in [0.25, 0.3) is 0 Å². The van der Waals surface area contributed by atoms with E-state index < -0.39 is 12.0 Å². The number of rotatable bonds is 4. The smallest absolute Gasteiger partial charge is 0.144 e. The lowest BCUT2D eigenvalue weighted by atomic mass is 10.3. The third-order valence-electron chi connectivity index (χ3n) is 1.56. The minimum atomic E-state index is -0.547. The summed E-state index contributed by atoms with van der Waals surface area (Å²) in [6, 6.07) is 4.15. The molecule has 1 rings (SSSR count). The number of hydrogen-bond donors (Lipinski definition) is 1. The predicted octanol–water partition coefficient (Wildman–Crippen LogP) is 2.49. The second-order valence-corrected chi connectivity index (χ2v) is 3.24. The summed E-state index contributed by atoms with van der Waals surface area (Å²) in [5, 5.41) is 7.52. The number of methoxy groups -OCH3 is 1. The molecule has 0 saturated heterocycles. The molecule has 6 heteroatoms. The molecule has 1 aromatic rings. The van der Waals surface area contributed by atoms with Gasteiger partial charge in [-0.1, -0.05) is 11.6 Å². The molecule has 0 amide bonds. The summed E-state index contributed by atoms with van der Waals surface area (Å²) in [5.41, 5.74) is 5.86. The second-order valence-electron chi connectivity index (χ2n) is 2.84. The third kappa shape index (κ3) is 3.91. The van der Waals surface area contributed by atoms with Crippen molar-refractivity contribution < 1.29 is 9.13 Å². The summed E-state index contributed by atoms with van der Waals surface area (Å²) in [4.78, 5) is 0. The van der Waals surface area contributed by atoms with Crippen LogP contribution in [0.5, 0.6) is 0 Å². The third-order valence-corrected chi connectivity index (χ3v) is 1.87. The first kappa shape index (κ1) is 12.0. The van der Waals surface area contributed by atoms with Gasteiger partial charge in [-0.3, -0.25) is 0 Å². The highest BCUT2D eigenvalue weighted by molar-refractivity contribution is 6.30. The lowest BCUT2D eigenvalue weighted by Crippen LogP contribution is -2.22. The zero-order chi connectivity index (χ0) is 11.3. The molecule has 0 radical (unpaired) electrons. The van der Waals surface area contributed by atoms with Crippen molar-refractivity contribution in [3.05, 3.63) is 29.0 Å². The maximum absolute atomic E-state index is 13.0. The Labute approximate surface area is 91.9 Å². The van der Waals surface area contributed by atoms with E-state index >= 15 is 0 Å². The van der Waals surface area contributed by atoms with Gasteiger partial charge >= 0.3 is 0 Å². The minimum absolute atomic E-state index is 0.0511. The summed E-state index contributed by atoms with van der Waals surface area (Å²) in [6.07, 6.45) is -0.547. The van der Waals surface area contributed by atoms with Crippen molar-refractivity contribution in [2.45, 2.75) is 6.17 Å². The van der Waals surface area contributed by atoms with Gasteiger partial charge in [0.05, 0.1) is 17.3 Å². The average molecular weight is 232 g/mol. The van der Waals surface area contributed by atoms with Gasteiger partial charge in [0.15, 0.2) is 0 Å². The van der Waals surface area contributed by atoms with Gasteiger partial charge < -0.3 is 10.5 Å². The van der Waals surface area contributed by atoms with Crippen LogP contribution in [0.15, 0.2) is 28.4 Å². The van der Waals surface area contributed by atoms with E-state index in [0.717, 1.165) is 0 Å². The van der Waals surface area contributed by atoms with Crippen molar-refractivity contribution in [2.75, 3.05) is 13.7 Å². The van der Waals surface area contributed by atoms with E-state index in [9.17, 15) is 4.39 Å². The number of nitrogens with two attached hydrogens (primary N) is 1. The van der Waals surface area contributed by atoms with Gasteiger partial charge in [0.1, 0.15) is 12.0 Å². The number of benzene rings is 1. The molecule has 0 heterocycles. The Balaban J connectivity index is 2.68. The molecular weight excluding hydrogens is 221 g/mol. The minimum Gasteiger partial charge on any atom is -0.381 e. The van der Waals surface area contributed by atoms with Crippen molar-refractivity contribution in [3.63, 3.8) is 0 Å². The van der Waals surface area contributed by atoms with E-state index in [1.54, 1.807) is 6.07 Å². The Morgan fingerprint density at radius 1 is 1.60 bits per heavy atom. The summed E-state index contributed by atoms with van der Waals surface area (Å²) in [6.45, 7) is 0.263. The van der Waals surface area contributed by atoms with Crippen molar-refractivity contribution >= 4 is 17.3 Å². The monoisotopic (exact) mass is 231 g/mol. The van der Waals surface area contributed by atoms with E-state index in [4.69, 9.17) is 22.1 Å². The average Bonchev–Trinajstić information content (AvgIpc) is 2.20. The van der Waals surface area contributed by atoms with Crippen LogP contribution in [-0.4, -0.2) is 19.9 Å². The highest BCUT2D eigenvalue weighted by Crippen LogP contribution is 2.20. The van der Waals surface area contributed by atoms with E-state index in [2.05, 4.69) is 10.2 Å². The van der Waals surface area contributed by atoms with Crippen molar-refractivity contribution in [2.24, 2.45) is 16.0 Å². The molecular formula is C9H11ClFN3O. The lowest BCUT2D eigenvalue weighted by Gasteiger charge is -2.02. The van der Waals surface area contributed by atoms with Crippen LogP contribution in [0, 0.1) is 5.82 Å². The Hall–Kier alpha value is -1.04. The molecule has 82 valence electrons. The fourth-order valence-electron chi connectivity index (χ4n) is 0.892. The molecule has 0 saturated carbocycles. The molecule has 0 aliphatic rings. The summed E-state index contributed by atoms with van der Waals surface area (Å²) in [7, 11) is 1.51. The first-order valence-corrected chi connectivity index (χ1v) is 4.61. The van der Waals surface area contributed by atoms with Crippen molar-refractivity contribution in [1.82, 2.24) is 0 Å². The fourth-order valence-corrected chi connectivity index (χ4v) is 1.01. The zero-order valence-electron chi connectivity index (χ0n) is 8.15. The fraction of sp³-hybridized carbons (Fsp3) is 0.333. The van der Waals surface area contributed by atoms with Crippen LogP contribution in [0.3, 0.4) is 0 Å². The Morgan fingerprint density at radius 3 is 2.93 bits per heavy atom. The van der Waals surface area contributed by atoms with Gasteiger partial charge in [-0.05, 0) is 12.1 Å². The van der Waals surface area contributed by atoms with Crippen LogP contribution in [0.4, 0.5) is 10.1 Å². The number of halogens is 2. The summed E-state index contributed by atoms with van der Waals surface area (Å²) in [5.74, 6) is -0.534. The molecule has 1 unspecified atom stereocenters. The molecule has 0 bridgehead atoms. The topological polar surface area (TPSA) is 60.0 Å². The molecule has 0 spiro atoms. The van der Waals surface area contributed by atoms with E-state index in [1.165, 1.54) is 19.2 Å². The van der Waals surface area contributed by atoms with Gasteiger partial charge in [-0.15, -0.1) is 0 Å². The summed E-state index contributed by atoms with van der Waals surface area (Å²) >= 11 is 5.50. The summed E-state index contributed by atoms with van der Waals surface area (Å²) < 4.78 is 17.7. The largest absolute Gasteiger partial charge is 0.381 e. The first-order valence-electron chi connectivity index (χ1n) is 4.24. The van der Waals surface area contributed by atoms with Gasteiger partial charge in [-0.25, -0.2) is 4.39 Å². The molecule has 1 aromatic carbocycles. The lowest BCUT2D eigenvalue weighted by molar-refractivity contribution is 0.180. The Kier molecular flexibility index (Phi) is 4.61. The quantitative estimate of drug-likeness (QED) is 0.810. The predicted molar refractivity (Wildman–Crippen MR) is 55.8 cm³/mol. The normalized spacial score (nSPS) is 13.3. The second kappa shape index (κ2) is 5.75. The number of azo groups is 1. The van der Waals surface area contributed by atoms with E-state index in [1.807, 2.05) is 0 Å². The molecule has 0 aromatic heterocycles. The number of hydrogen-bond acceptors (Lipinski definition) is 4. The van der Waals surface area contributed by atoms with Crippen LogP contribution in [0.25, 0.3) is 0 Å². The van der Waals surface area contributed by atoms with E-state index in [-0.39, 0.29) is 11.6 Å².